The topological polar surface area (TPSA) is 40.6 Å². The zero-order valence-electron chi connectivity index (χ0n) is 12.7. The van der Waals surface area contributed by atoms with Gasteiger partial charge in [-0.15, -0.1) is 0 Å². The molecule has 0 radical (unpaired) electrons. The Bertz CT molecular complexity index is 526. The van der Waals surface area contributed by atoms with Gasteiger partial charge in [0.25, 0.3) is 5.91 Å². The second-order valence-corrected chi connectivity index (χ2v) is 7.26. The number of piperazine rings is 1. The highest BCUT2D eigenvalue weighted by atomic mass is 79.9. The lowest BCUT2D eigenvalue weighted by atomic mass is 9.94. The van der Waals surface area contributed by atoms with Gasteiger partial charge in [0.1, 0.15) is 0 Å². The summed E-state index contributed by atoms with van der Waals surface area (Å²) in [5.74, 6) is 0.184. The predicted octanol–water partition coefficient (Wildman–Crippen LogP) is 2.78. The van der Waals surface area contributed by atoms with Crippen molar-refractivity contribution in [3.63, 3.8) is 0 Å². The summed E-state index contributed by atoms with van der Waals surface area (Å²) in [7, 11) is 0. The fourth-order valence-electron chi connectivity index (χ4n) is 2.36. The maximum Gasteiger partial charge on any atom is 0.253 e. The number of rotatable bonds is 1. The Kier molecular flexibility index (Phi) is 4.71. The summed E-state index contributed by atoms with van der Waals surface area (Å²) in [6.45, 7) is 8.18. The largest absolute Gasteiger partial charge is 0.339 e. The molecule has 114 valence electrons. The predicted molar refractivity (Wildman–Crippen MR) is 86.1 cm³/mol. The molecule has 2 rings (SSSR count). The number of halogens is 1. The molecule has 1 fully saturated rings. The lowest BCUT2D eigenvalue weighted by Crippen LogP contribution is -2.53. The van der Waals surface area contributed by atoms with Crippen LogP contribution in [-0.2, 0) is 4.79 Å². The maximum absolute atomic E-state index is 12.4. The molecule has 4 nitrogen and oxygen atoms in total. The van der Waals surface area contributed by atoms with E-state index in [2.05, 4.69) is 15.9 Å². The summed E-state index contributed by atoms with van der Waals surface area (Å²) in [4.78, 5) is 28.3. The Labute approximate surface area is 134 Å². The monoisotopic (exact) mass is 352 g/mol. The molecular formula is C16H21BrN2O2. The van der Waals surface area contributed by atoms with E-state index in [1.54, 1.807) is 0 Å². The highest BCUT2D eigenvalue weighted by molar-refractivity contribution is 9.10. The molecule has 1 aliphatic heterocycles. The molecule has 0 unspecified atom stereocenters. The molecular weight excluding hydrogens is 332 g/mol. The van der Waals surface area contributed by atoms with Crippen LogP contribution in [0.1, 0.15) is 31.1 Å². The zero-order chi connectivity index (χ0) is 15.6. The minimum Gasteiger partial charge on any atom is -0.339 e. The van der Waals surface area contributed by atoms with Crippen molar-refractivity contribution in [3.05, 3.63) is 34.3 Å². The van der Waals surface area contributed by atoms with E-state index in [9.17, 15) is 9.59 Å². The van der Waals surface area contributed by atoms with Crippen LogP contribution in [0.15, 0.2) is 28.7 Å². The van der Waals surface area contributed by atoms with Crippen LogP contribution >= 0.6 is 15.9 Å². The van der Waals surface area contributed by atoms with Crippen molar-refractivity contribution in [2.45, 2.75) is 20.8 Å². The highest BCUT2D eigenvalue weighted by Crippen LogP contribution is 2.19. The Morgan fingerprint density at radius 3 is 1.90 bits per heavy atom. The third kappa shape index (κ3) is 3.84. The van der Waals surface area contributed by atoms with Gasteiger partial charge < -0.3 is 9.80 Å². The van der Waals surface area contributed by atoms with Crippen molar-refractivity contribution in [1.29, 1.82) is 0 Å². The molecule has 1 saturated heterocycles. The summed E-state index contributed by atoms with van der Waals surface area (Å²) in [5, 5.41) is 0. The van der Waals surface area contributed by atoms with Crippen LogP contribution in [0.2, 0.25) is 0 Å². The molecule has 1 aliphatic rings. The van der Waals surface area contributed by atoms with Crippen molar-refractivity contribution < 1.29 is 9.59 Å². The molecule has 0 spiro atoms. The van der Waals surface area contributed by atoms with Crippen molar-refractivity contribution in [1.82, 2.24) is 9.80 Å². The van der Waals surface area contributed by atoms with E-state index >= 15 is 0 Å². The second kappa shape index (κ2) is 6.18. The molecule has 2 amide bonds. The minimum absolute atomic E-state index is 0.0327. The molecule has 1 heterocycles. The number of benzene rings is 1. The number of hydrogen-bond donors (Lipinski definition) is 0. The van der Waals surface area contributed by atoms with Crippen molar-refractivity contribution in [2.75, 3.05) is 26.2 Å². The first-order chi connectivity index (χ1) is 9.79. The molecule has 21 heavy (non-hydrogen) atoms. The first-order valence-electron chi connectivity index (χ1n) is 7.13. The van der Waals surface area contributed by atoms with Crippen molar-refractivity contribution in [3.8, 4) is 0 Å². The number of amides is 2. The highest BCUT2D eigenvalue weighted by Gasteiger charge is 2.30. The van der Waals surface area contributed by atoms with E-state index in [-0.39, 0.29) is 17.2 Å². The van der Waals surface area contributed by atoms with Crippen molar-refractivity contribution in [2.24, 2.45) is 5.41 Å². The third-order valence-corrected chi connectivity index (χ3v) is 4.12. The molecule has 1 aromatic rings. The van der Waals surface area contributed by atoms with E-state index in [4.69, 9.17) is 0 Å². The van der Waals surface area contributed by atoms with Crippen molar-refractivity contribution >= 4 is 27.7 Å². The van der Waals surface area contributed by atoms with Gasteiger partial charge in [-0.3, -0.25) is 9.59 Å². The standard InChI is InChI=1S/C16H21BrN2O2/c1-16(2,3)15(21)19-10-8-18(9-11-19)14(20)12-4-6-13(17)7-5-12/h4-7H,8-11H2,1-3H3. The van der Waals surface area contributed by atoms with Gasteiger partial charge in [-0.05, 0) is 24.3 Å². The molecule has 5 heteroatoms. The number of hydrogen-bond acceptors (Lipinski definition) is 2. The Morgan fingerprint density at radius 2 is 1.43 bits per heavy atom. The van der Waals surface area contributed by atoms with E-state index in [0.29, 0.717) is 31.7 Å². The van der Waals surface area contributed by atoms with E-state index in [1.165, 1.54) is 0 Å². The quantitative estimate of drug-likeness (QED) is 0.779. The molecule has 0 N–H and O–H groups in total. The van der Waals surface area contributed by atoms with Crippen LogP contribution in [0.25, 0.3) is 0 Å². The zero-order valence-corrected chi connectivity index (χ0v) is 14.3. The maximum atomic E-state index is 12.4. The van der Waals surface area contributed by atoms with Crippen LogP contribution < -0.4 is 0 Å². The summed E-state index contributed by atoms with van der Waals surface area (Å²) in [6, 6.07) is 7.37. The lowest BCUT2D eigenvalue weighted by Gasteiger charge is -2.37. The van der Waals surface area contributed by atoms with Gasteiger partial charge in [-0.2, -0.15) is 0 Å². The summed E-state index contributed by atoms with van der Waals surface area (Å²) in [6.07, 6.45) is 0. The van der Waals surface area contributed by atoms with Gasteiger partial charge in [0.2, 0.25) is 5.91 Å². The number of carbonyl (C=O) groups is 2. The second-order valence-electron chi connectivity index (χ2n) is 6.34. The number of carbonyl (C=O) groups excluding carboxylic acids is 2. The average molecular weight is 353 g/mol. The molecule has 0 atom stereocenters. The average Bonchev–Trinajstić information content (AvgIpc) is 2.46. The van der Waals surface area contributed by atoms with Crippen LogP contribution in [0.5, 0.6) is 0 Å². The van der Waals surface area contributed by atoms with Gasteiger partial charge in [0.05, 0.1) is 0 Å². The fraction of sp³-hybridized carbons (Fsp3) is 0.500. The number of nitrogens with zero attached hydrogens (tertiary/aromatic N) is 2. The molecule has 0 aliphatic carbocycles. The molecule has 0 bridgehead atoms. The Balaban J connectivity index is 1.96. The Morgan fingerprint density at radius 1 is 0.952 bits per heavy atom. The van der Waals surface area contributed by atoms with Crippen LogP contribution in [-0.4, -0.2) is 47.8 Å². The van der Waals surface area contributed by atoms with Gasteiger partial charge in [0.15, 0.2) is 0 Å². The van der Waals surface area contributed by atoms with E-state index in [1.807, 2.05) is 54.8 Å². The van der Waals surface area contributed by atoms with Gasteiger partial charge in [-0.1, -0.05) is 36.7 Å². The first-order valence-corrected chi connectivity index (χ1v) is 7.92. The molecule has 0 saturated carbocycles. The molecule has 0 aromatic heterocycles. The van der Waals surface area contributed by atoms with E-state index < -0.39 is 0 Å². The van der Waals surface area contributed by atoms with E-state index in [0.717, 1.165) is 4.47 Å². The SMILES string of the molecule is CC(C)(C)C(=O)N1CCN(C(=O)c2ccc(Br)cc2)CC1. The van der Waals surface area contributed by atoms with Gasteiger partial charge in [0, 0.05) is 41.6 Å². The van der Waals surface area contributed by atoms with Gasteiger partial charge in [-0.25, -0.2) is 0 Å². The first kappa shape index (κ1) is 16.0. The summed E-state index contributed by atoms with van der Waals surface area (Å²) < 4.78 is 0.958. The normalized spacial score (nSPS) is 16.0. The van der Waals surface area contributed by atoms with Crippen LogP contribution in [0.3, 0.4) is 0 Å². The van der Waals surface area contributed by atoms with Crippen LogP contribution in [0.4, 0.5) is 0 Å². The van der Waals surface area contributed by atoms with Crippen LogP contribution in [0, 0.1) is 5.41 Å². The third-order valence-electron chi connectivity index (χ3n) is 3.59. The van der Waals surface area contributed by atoms with Gasteiger partial charge >= 0.3 is 0 Å². The summed E-state index contributed by atoms with van der Waals surface area (Å²) in [5.41, 5.74) is 0.325. The minimum atomic E-state index is -0.363. The molecule has 1 aromatic carbocycles. The summed E-state index contributed by atoms with van der Waals surface area (Å²) >= 11 is 3.36. The smallest absolute Gasteiger partial charge is 0.253 e. The fourth-order valence-corrected chi connectivity index (χ4v) is 2.63. The lowest BCUT2D eigenvalue weighted by molar-refractivity contribution is -0.140. The Hall–Kier alpha value is -1.36.